The van der Waals surface area contributed by atoms with Crippen molar-refractivity contribution in [2.24, 2.45) is 0 Å². The van der Waals surface area contributed by atoms with Gasteiger partial charge in [0.05, 0.1) is 5.56 Å². The zero-order valence-corrected chi connectivity index (χ0v) is 14.5. The topological polar surface area (TPSA) is 168 Å². The van der Waals surface area contributed by atoms with E-state index in [4.69, 9.17) is 9.79 Å². The number of phosphoric acid groups is 1. The van der Waals surface area contributed by atoms with E-state index in [-0.39, 0.29) is 12.2 Å². The van der Waals surface area contributed by atoms with Crippen LogP contribution in [0, 0.1) is 0 Å². The Labute approximate surface area is 148 Å². The van der Waals surface area contributed by atoms with Gasteiger partial charge < -0.3 is 30.1 Å². The second-order valence-electron chi connectivity index (χ2n) is 5.70. The number of benzene rings is 2. The molecule has 0 aliphatic carbocycles. The highest BCUT2D eigenvalue weighted by Gasteiger charge is 2.42. The lowest BCUT2D eigenvalue weighted by Gasteiger charge is -2.33. The van der Waals surface area contributed by atoms with E-state index in [0.717, 1.165) is 12.1 Å². The van der Waals surface area contributed by atoms with Gasteiger partial charge >= 0.3 is 7.82 Å². The van der Waals surface area contributed by atoms with Gasteiger partial charge in [0.25, 0.3) is 0 Å². The molecule has 0 fully saturated rings. The highest BCUT2D eigenvalue weighted by Crippen LogP contribution is 2.50. The van der Waals surface area contributed by atoms with Crippen LogP contribution in [-0.4, -0.2) is 35.3 Å². The molecule has 0 spiro atoms. The number of phenolic OH excluding ortho intramolecular Hbond substituents is 3. The molecule has 2 aromatic carbocycles. The lowest BCUT2D eigenvalue weighted by Crippen LogP contribution is -2.33. The molecule has 0 saturated heterocycles. The Morgan fingerprint density at radius 2 is 1.73 bits per heavy atom. The summed E-state index contributed by atoms with van der Waals surface area (Å²) in [4.78, 5) is 18.0. The van der Waals surface area contributed by atoms with Gasteiger partial charge in [0.15, 0.2) is 0 Å². The third-order valence-electron chi connectivity index (χ3n) is 3.82. The molecule has 7 N–H and O–H groups in total. The van der Waals surface area contributed by atoms with E-state index in [9.17, 15) is 30.1 Å². The zero-order chi connectivity index (χ0) is 19.7. The molecule has 0 aliphatic rings. The van der Waals surface area contributed by atoms with Crippen LogP contribution in [0.5, 0.6) is 23.0 Å². The van der Waals surface area contributed by atoms with Crippen LogP contribution in [0.25, 0.3) is 0 Å². The van der Waals surface area contributed by atoms with Gasteiger partial charge in [-0.2, -0.15) is 0 Å². The Balaban J connectivity index is 2.65. The molecule has 26 heavy (non-hydrogen) atoms. The summed E-state index contributed by atoms with van der Waals surface area (Å²) in [5, 5.41) is 50.7. The number of rotatable bonds is 6. The maximum Gasteiger partial charge on any atom is 0.524 e. The van der Waals surface area contributed by atoms with E-state index in [2.05, 4.69) is 4.52 Å². The molecule has 0 saturated carbocycles. The number of hydrogen-bond donors (Lipinski definition) is 7. The molecule has 0 heterocycles. The van der Waals surface area contributed by atoms with Crippen LogP contribution < -0.4 is 4.52 Å². The molecule has 2 aromatic rings. The molecule has 0 aliphatic heterocycles. The van der Waals surface area contributed by atoms with Gasteiger partial charge in [-0.15, -0.1) is 0 Å². The summed E-state index contributed by atoms with van der Waals surface area (Å²) in [5.41, 5.74) is -0.430. The maximum atomic E-state index is 11.2. The molecule has 9 nitrogen and oxygen atoms in total. The predicted molar refractivity (Wildman–Crippen MR) is 89.7 cm³/mol. The van der Waals surface area contributed by atoms with Crippen molar-refractivity contribution < 1.29 is 44.4 Å². The van der Waals surface area contributed by atoms with Crippen LogP contribution in [0.2, 0.25) is 0 Å². The molecule has 0 aromatic heterocycles. The number of phenols is 3. The zero-order valence-electron chi connectivity index (χ0n) is 13.6. The fraction of sp³-hybridized carbons (Fsp3) is 0.250. The van der Waals surface area contributed by atoms with E-state index in [1.54, 1.807) is 6.92 Å². The fourth-order valence-electron chi connectivity index (χ4n) is 2.83. The highest BCUT2D eigenvalue weighted by atomic mass is 31.2. The molecule has 0 amide bonds. The quantitative estimate of drug-likeness (QED) is 0.288. The number of aliphatic hydroxyl groups is 2. The van der Waals surface area contributed by atoms with Crippen LogP contribution in [0.1, 0.15) is 30.4 Å². The molecule has 1 atom stereocenters. The van der Waals surface area contributed by atoms with Gasteiger partial charge in [-0.05, 0) is 24.1 Å². The van der Waals surface area contributed by atoms with Crippen molar-refractivity contribution >= 4 is 7.82 Å². The molecular formula is C16H19O9P. The number of hydrogen-bond acceptors (Lipinski definition) is 7. The minimum Gasteiger partial charge on any atom is -0.508 e. The third kappa shape index (κ3) is 4.27. The summed E-state index contributed by atoms with van der Waals surface area (Å²) in [6, 6.07) is 7.18. The van der Waals surface area contributed by atoms with Gasteiger partial charge in [0.1, 0.15) is 23.0 Å². The second-order valence-corrected chi connectivity index (χ2v) is 6.87. The summed E-state index contributed by atoms with van der Waals surface area (Å²) >= 11 is 0. The lowest BCUT2D eigenvalue weighted by molar-refractivity contribution is -0.190. The van der Waals surface area contributed by atoms with Crippen molar-refractivity contribution in [3.05, 3.63) is 47.5 Å². The molecule has 142 valence electrons. The summed E-state index contributed by atoms with van der Waals surface area (Å²) in [6.07, 6.45) is 0.117. The highest BCUT2D eigenvalue weighted by molar-refractivity contribution is 7.46. The second kappa shape index (κ2) is 7.14. The van der Waals surface area contributed by atoms with Crippen molar-refractivity contribution in [3.63, 3.8) is 0 Å². The van der Waals surface area contributed by atoms with Crippen LogP contribution in [0.15, 0.2) is 36.4 Å². The molecule has 0 radical (unpaired) electrons. The first-order chi connectivity index (χ1) is 12.0. The lowest BCUT2D eigenvalue weighted by atomic mass is 9.83. The fourth-order valence-corrected chi connectivity index (χ4v) is 3.23. The smallest absolute Gasteiger partial charge is 0.508 e. The van der Waals surface area contributed by atoms with Gasteiger partial charge in [-0.1, -0.05) is 19.1 Å². The van der Waals surface area contributed by atoms with Gasteiger partial charge in [0.2, 0.25) is 5.79 Å². The standard InChI is InChI=1S/C16H19O9P/c1-2-12(9-4-3-5-10(17)6-9)16(20,21)15-13(19)7-11(18)8-14(15)25-26(22,23)24/h3-8,12,17-21H,2H2,1H3,(H2,22,23,24). The minimum atomic E-state index is -5.13. The van der Waals surface area contributed by atoms with E-state index in [1.165, 1.54) is 24.3 Å². The minimum absolute atomic E-state index is 0.117. The maximum absolute atomic E-state index is 11.2. The van der Waals surface area contributed by atoms with E-state index in [1.807, 2.05) is 0 Å². The average Bonchev–Trinajstić information content (AvgIpc) is 2.44. The molecule has 2 rings (SSSR count). The summed E-state index contributed by atoms with van der Waals surface area (Å²) in [7, 11) is -5.13. The van der Waals surface area contributed by atoms with Gasteiger partial charge in [-0.3, -0.25) is 9.79 Å². The van der Waals surface area contributed by atoms with Crippen LogP contribution >= 0.6 is 7.82 Å². The summed E-state index contributed by atoms with van der Waals surface area (Å²) in [5.74, 6) is -6.31. The normalized spacial score (nSPS) is 13.4. The Hall–Kier alpha value is -2.29. The number of aromatic hydroxyl groups is 3. The van der Waals surface area contributed by atoms with Crippen molar-refractivity contribution in [1.29, 1.82) is 0 Å². The van der Waals surface area contributed by atoms with Gasteiger partial charge in [0, 0.05) is 18.1 Å². The van der Waals surface area contributed by atoms with Crippen LogP contribution in [0.3, 0.4) is 0 Å². The monoisotopic (exact) mass is 386 g/mol. The Kier molecular flexibility index (Phi) is 5.50. The largest absolute Gasteiger partial charge is 0.524 e. The van der Waals surface area contributed by atoms with Crippen molar-refractivity contribution in [3.8, 4) is 23.0 Å². The van der Waals surface area contributed by atoms with Crippen molar-refractivity contribution in [2.45, 2.75) is 25.0 Å². The van der Waals surface area contributed by atoms with E-state index in [0.29, 0.717) is 5.56 Å². The average molecular weight is 386 g/mol. The van der Waals surface area contributed by atoms with Crippen molar-refractivity contribution in [2.75, 3.05) is 0 Å². The first kappa shape index (κ1) is 20.0. The molecule has 1 unspecified atom stereocenters. The van der Waals surface area contributed by atoms with Crippen LogP contribution in [-0.2, 0) is 10.4 Å². The molecule has 10 heteroatoms. The van der Waals surface area contributed by atoms with Gasteiger partial charge in [-0.25, -0.2) is 4.57 Å². The first-order valence-corrected chi connectivity index (χ1v) is 9.04. The summed E-state index contributed by atoms with van der Waals surface area (Å²) in [6.45, 7) is 1.61. The SMILES string of the molecule is CCC(c1cccc(O)c1)C(O)(O)c1c(O)cc(O)cc1OP(=O)(O)O. The van der Waals surface area contributed by atoms with E-state index < -0.39 is 42.3 Å². The first-order valence-electron chi connectivity index (χ1n) is 7.51. The van der Waals surface area contributed by atoms with E-state index >= 15 is 0 Å². The van der Waals surface area contributed by atoms with Crippen molar-refractivity contribution in [1.82, 2.24) is 0 Å². The predicted octanol–water partition coefficient (Wildman–Crippen LogP) is 1.61. The Bertz CT molecular complexity index is 844. The summed E-state index contributed by atoms with van der Waals surface area (Å²) < 4.78 is 15.6. The number of phosphoric ester groups is 1. The Morgan fingerprint density at radius 1 is 1.08 bits per heavy atom. The van der Waals surface area contributed by atoms with Crippen LogP contribution in [0.4, 0.5) is 0 Å². The molecular weight excluding hydrogens is 367 g/mol. The third-order valence-corrected chi connectivity index (χ3v) is 4.25. The Morgan fingerprint density at radius 3 is 2.27 bits per heavy atom. The molecule has 0 bridgehead atoms.